The largest absolute Gasteiger partial charge is 0.444 e. The van der Waals surface area contributed by atoms with E-state index in [0.29, 0.717) is 11.8 Å². The Morgan fingerprint density at radius 1 is 1.50 bits per heavy atom. The summed E-state index contributed by atoms with van der Waals surface area (Å²) < 4.78 is 5.16. The summed E-state index contributed by atoms with van der Waals surface area (Å²) >= 11 is 0. The summed E-state index contributed by atoms with van der Waals surface area (Å²) in [5, 5.41) is 12.0. The van der Waals surface area contributed by atoms with Gasteiger partial charge in [-0.05, 0) is 45.4 Å². The molecule has 1 aliphatic rings. The van der Waals surface area contributed by atoms with Crippen LogP contribution in [0.2, 0.25) is 0 Å². The molecule has 16 heavy (non-hydrogen) atoms. The number of carbonyl (C=O) groups excluding carboxylic acids is 1. The van der Waals surface area contributed by atoms with Crippen LogP contribution in [0.3, 0.4) is 0 Å². The van der Waals surface area contributed by atoms with E-state index in [1.165, 1.54) is 12.8 Å². The average Bonchev–Trinajstić information content (AvgIpc) is 2.93. The quantitative estimate of drug-likeness (QED) is 0.774. The molecule has 1 saturated carbocycles. The monoisotopic (exact) mass is 229 g/mol. The first-order valence-corrected chi connectivity index (χ1v) is 5.94. The van der Waals surface area contributed by atoms with Crippen molar-refractivity contribution >= 4 is 6.09 Å². The number of aliphatic hydroxyl groups is 1. The number of rotatable bonds is 4. The lowest BCUT2D eigenvalue weighted by molar-refractivity contribution is 0.0452. The van der Waals surface area contributed by atoms with Gasteiger partial charge in [-0.15, -0.1) is 0 Å². The minimum atomic E-state index is -0.493. The molecule has 94 valence electrons. The Morgan fingerprint density at radius 2 is 2.06 bits per heavy atom. The second-order valence-corrected chi connectivity index (χ2v) is 5.63. The second-order valence-electron chi connectivity index (χ2n) is 5.63. The number of alkyl carbamates (subject to hydrolysis) is 1. The molecule has 0 aliphatic heterocycles. The maximum atomic E-state index is 11.5. The lowest BCUT2D eigenvalue weighted by atomic mass is 9.97. The first kappa shape index (κ1) is 13.3. The number of hydrogen-bond acceptors (Lipinski definition) is 3. The lowest BCUT2D eigenvalue weighted by Gasteiger charge is -2.26. The second kappa shape index (κ2) is 5.04. The van der Waals surface area contributed by atoms with Crippen LogP contribution in [0.5, 0.6) is 0 Å². The topological polar surface area (TPSA) is 58.6 Å². The fraction of sp³-hybridized carbons (Fsp3) is 0.917. The van der Waals surface area contributed by atoms with Gasteiger partial charge in [0.25, 0.3) is 0 Å². The summed E-state index contributed by atoms with van der Waals surface area (Å²) in [6, 6.07) is -0.192. The highest BCUT2D eigenvalue weighted by atomic mass is 16.6. The summed E-state index contributed by atoms with van der Waals surface area (Å²) in [6.07, 6.45) is 1.96. The highest BCUT2D eigenvalue weighted by Gasteiger charge is 2.34. The molecular weight excluding hydrogens is 206 g/mol. The van der Waals surface area contributed by atoms with E-state index in [1.807, 2.05) is 20.8 Å². The Labute approximate surface area is 97.4 Å². The number of ether oxygens (including phenoxy) is 1. The van der Waals surface area contributed by atoms with Crippen molar-refractivity contribution < 1.29 is 14.6 Å². The molecule has 1 rings (SSSR count). The standard InChI is InChI=1S/C12H23NO3/c1-8(9-5-6-9)10(7-14)13-11(15)16-12(2,3)4/h8-10,14H,5-7H2,1-4H3,(H,13,15)/t8?,10-/m1/s1. The van der Waals surface area contributed by atoms with Crippen LogP contribution in [0, 0.1) is 11.8 Å². The van der Waals surface area contributed by atoms with Gasteiger partial charge in [0.1, 0.15) is 5.60 Å². The normalized spacial score (nSPS) is 20.1. The number of nitrogens with one attached hydrogen (secondary N) is 1. The van der Waals surface area contributed by atoms with Crippen LogP contribution in [-0.4, -0.2) is 29.4 Å². The van der Waals surface area contributed by atoms with E-state index in [9.17, 15) is 9.90 Å². The Hall–Kier alpha value is -0.770. The number of amides is 1. The zero-order valence-corrected chi connectivity index (χ0v) is 10.6. The number of carbonyl (C=O) groups is 1. The minimum Gasteiger partial charge on any atom is -0.444 e. The van der Waals surface area contributed by atoms with Crippen molar-refractivity contribution in [2.24, 2.45) is 11.8 Å². The molecular formula is C12H23NO3. The van der Waals surface area contributed by atoms with Gasteiger partial charge in [0.2, 0.25) is 0 Å². The Balaban J connectivity index is 2.40. The molecule has 0 heterocycles. The van der Waals surface area contributed by atoms with E-state index in [0.717, 1.165) is 0 Å². The van der Waals surface area contributed by atoms with Crippen molar-refractivity contribution in [2.75, 3.05) is 6.61 Å². The predicted octanol–water partition coefficient (Wildman–Crippen LogP) is 1.92. The lowest BCUT2D eigenvalue weighted by Crippen LogP contribution is -2.45. The summed E-state index contributed by atoms with van der Waals surface area (Å²) in [5.41, 5.74) is -0.493. The van der Waals surface area contributed by atoms with Gasteiger partial charge in [-0.2, -0.15) is 0 Å². The SMILES string of the molecule is CC(C1CC1)[C@@H](CO)NC(=O)OC(C)(C)C. The van der Waals surface area contributed by atoms with Crippen molar-refractivity contribution in [1.82, 2.24) is 5.32 Å². The molecule has 1 aliphatic carbocycles. The Morgan fingerprint density at radius 3 is 2.44 bits per heavy atom. The van der Waals surface area contributed by atoms with Crippen molar-refractivity contribution in [2.45, 2.75) is 52.2 Å². The van der Waals surface area contributed by atoms with Crippen LogP contribution in [0.1, 0.15) is 40.5 Å². The third-order valence-electron chi connectivity index (χ3n) is 2.90. The molecule has 0 aromatic carbocycles. The zero-order valence-electron chi connectivity index (χ0n) is 10.6. The van der Waals surface area contributed by atoms with Gasteiger partial charge in [-0.3, -0.25) is 0 Å². The fourth-order valence-electron chi connectivity index (χ4n) is 1.75. The Kier molecular flexibility index (Phi) is 4.19. The molecule has 0 saturated heterocycles. The first-order chi connectivity index (χ1) is 7.33. The van der Waals surface area contributed by atoms with E-state index >= 15 is 0 Å². The minimum absolute atomic E-state index is 0.0308. The zero-order chi connectivity index (χ0) is 12.3. The van der Waals surface area contributed by atoms with Gasteiger partial charge in [-0.1, -0.05) is 6.92 Å². The van der Waals surface area contributed by atoms with Crippen LogP contribution < -0.4 is 5.32 Å². The third-order valence-corrected chi connectivity index (χ3v) is 2.90. The van der Waals surface area contributed by atoms with Gasteiger partial charge in [0.05, 0.1) is 12.6 Å². The van der Waals surface area contributed by atoms with Gasteiger partial charge >= 0.3 is 6.09 Å². The molecule has 1 amide bonds. The van der Waals surface area contributed by atoms with Crippen LogP contribution in [-0.2, 0) is 4.74 Å². The van der Waals surface area contributed by atoms with Gasteiger partial charge in [0, 0.05) is 0 Å². The smallest absolute Gasteiger partial charge is 0.407 e. The molecule has 4 heteroatoms. The van der Waals surface area contributed by atoms with Gasteiger partial charge < -0.3 is 15.2 Å². The maximum Gasteiger partial charge on any atom is 0.407 e. The van der Waals surface area contributed by atoms with Crippen molar-refractivity contribution in [3.05, 3.63) is 0 Å². The molecule has 1 unspecified atom stereocenters. The number of hydrogen-bond donors (Lipinski definition) is 2. The molecule has 1 fully saturated rings. The maximum absolute atomic E-state index is 11.5. The van der Waals surface area contributed by atoms with E-state index in [4.69, 9.17) is 4.74 Å². The van der Waals surface area contributed by atoms with Crippen molar-refractivity contribution in [3.8, 4) is 0 Å². The molecule has 2 atom stereocenters. The molecule has 0 aromatic heterocycles. The molecule has 0 bridgehead atoms. The summed E-state index contributed by atoms with van der Waals surface area (Å²) in [5.74, 6) is 0.963. The van der Waals surface area contributed by atoms with Crippen molar-refractivity contribution in [1.29, 1.82) is 0 Å². The predicted molar refractivity (Wildman–Crippen MR) is 62.1 cm³/mol. The first-order valence-electron chi connectivity index (χ1n) is 5.94. The van der Waals surface area contributed by atoms with Crippen molar-refractivity contribution in [3.63, 3.8) is 0 Å². The van der Waals surface area contributed by atoms with E-state index in [-0.39, 0.29) is 12.6 Å². The average molecular weight is 229 g/mol. The van der Waals surface area contributed by atoms with Crippen LogP contribution in [0.15, 0.2) is 0 Å². The van der Waals surface area contributed by atoms with Gasteiger partial charge in [0.15, 0.2) is 0 Å². The highest BCUT2D eigenvalue weighted by Crippen LogP contribution is 2.38. The van der Waals surface area contributed by atoms with E-state index in [1.54, 1.807) is 0 Å². The van der Waals surface area contributed by atoms with Crippen LogP contribution >= 0.6 is 0 Å². The fourth-order valence-corrected chi connectivity index (χ4v) is 1.75. The van der Waals surface area contributed by atoms with E-state index < -0.39 is 11.7 Å². The van der Waals surface area contributed by atoms with E-state index in [2.05, 4.69) is 12.2 Å². The third kappa shape index (κ3) is 4.39. The number of aliphatic hydroxyl groups excluding tert-OH is 1. The van der Waals surface area contributed by atoms with Crippen LogP contribution in [0.25, 0.3) is 0 Å². The summed E-state index contributed by atoms with van der Waals surface area (Å²) in [7, 11) is 0. The molecule has 4 nitrogen and oxygen atoms in total. The van der Waals surface area contributed by atoms with Crippen LogP contribution in [0.4, 0.5) is 4.79 Å². The Bertz CT molecular complexity index is 243. The highest BCUT2D eigenvalue weighted by molar-refractivity contribution is 5.68. The molecule has 0 radical (unpaired) electrons. The van der Waals surface area contributed by atoms with Gasteiger partial charge in [-0.25, -0.2) is 4.79 Å². The summed E-state index contributed by atoms with van der Waals surface area (Å²) in [4.78, 5) is 11.5. The molecule has 2 N–H and O–H groups in total. The summed E-state index contributed by atoms with van der Waals surface area (Å²) in [6.45, 7) is 7.51. The molecule has 0 spiro atoms. The molecule has 0 aromatic rings.